The Labute approximate surface area is 197 Å². The minimum atomic E-state index is -1.61. The van der Waals surface area contributed by atoms with Crippen molar-refractivity contribution in [3.8, 4) is 0 Å². The summed E-state index contributed by atoms with van der Waals surface area (Å²) in [5.74, 6) is -5.29. The van der Waals surface area contributed by atoms with Crippen molar-refractivity contribution >= 4 is 35.6 Å². The van der Waals surface area contributed by atoms with Gasteiger partial charge in [0.05, 0.1) is 19.1 Å². The largest absolute Gasteiger partial charge is 0.480 e. The van der Waals surface area contributed by atoms with E-state index in [9.17, 15) is 24.0 Å². The van der Waals surface area contributed by atoms with Gasteiger partial charge >= 0.3 is 5.97 Å². The Morgan fingerprint density at radius 3 is 1.91 bits per heavy atom. The molecule has 15 nitrogen and oxygen atoms in total. The highest BCUT2D eigenvalue weighted by atomic mass is 16.4. The first-order valence-electron chi connectivity index (χ1n) is 10.7. The molecule has 194 valence electrons. The number of carbonyl (C=O) groups excluding carboxylic acids is 4. The Bertz CT molecular complexity index is 757. The molecule has 0 heterocycles. The highest BCUT2D eigenvalue weighted by molar-refractivity contribution is 5.96. The van der Waals surface area contributed by atoms with Gasteiger partial charge < -0.3 is 49.1 Å². The molecular formula is C19H36N8O7. The number of hydrogen-bond acceptors (Lipinski definition) is 8. The molecule has 0 aliphatic carbocycles. The topological polar surface area (TPSA) is 278 Å². The van der Waals surface area contributed by atoms with Crippen LogP contribution in [0.5, 0.6) is 0 Å². The maximum absolute atomic E-state index is 12.8. The van der Waals surface area contributed by atoms with Crippen molar-refractivity contribution in [2.75, 3.05) is 13.2 Å². The maximum atomic E-state index is 12.8. The van der Waals surface area contributed by atoms with Crippen LogP contribution in [0.15, 0.2) is 4.99 Å². The molecule has 34 heavy (non-hydrogen) atoms. The normalized spacial score (nSPS) is 15.1. The smallest absolute Gasteiger partial charge is 0.328 e. The molecule has 0 aromatic rings. The van der Waals surface area contributed by atoms with E-state index in [1.165, 1.54) is 0 Å². The number of carbonyl (C=O) groups is 5. The van der Waals surface area contributed by atoms with Gasteiger partial charge in [-0.15, -0.1) is 0 Å². The van der Waals surface area contributed by atoms with Crippen LogP contribution < -0.4 is 38.9 Å². The summed E-state index contributed by atoms with van der Waals surface area (Å²) >= 11 is 0. The van der Waals surface area contributed by atoms with Gasteiger partial charge in [-0.05, 0) is 18.8 Å². The van der Waals surface area contributed by atoms with Gasteiger partial charge in [0.15, 0.2) is 5.96 Å². The number of aliphatic carboxylic acids is 1. The van der Waals surface area contributed by atoms with E-state index < -0.39 is 66.8 Å². The molecule has 0 aromatic heterocycles. The highest BCUT2D eigenvalue weighted by Crippen LogP contribution is 2.07. The average molecular weight is 489 g/mol. The molecule has 15 heteroatoms. The lowest BCUT2D eigenvalue weighted by molar-refractivity contribution is -0.143. The Morgan fingerprint density at radius 1 is 0.912 bits per heavy atom. The molecule has 5 unspecified atom stereocenters. The fourth-order valence-electron chi connectivity index (χ4n) is 2.69. The fraction of sp³-hybridized carbons (Fsp3) is 0.684. The zero-order valence-corrected chi connectivity index (χ0v) is 19.3. The quantitative estimate of drug-likeness (QED) is 0.0573. The Balaban J connectivity index is 5.58. The molecule has 4 amide bonds. The lowest BCUT2D eigenvalue weighted by Gasteiger charge is -2.25. The van der Waals surface area contributed by atoms with E-state index in [-0.39, 0.29) is 31.3 Å². The molecule has 0 spiro atoms. The van der Waals surface area contributed by atoms with E-state index in [2.05, 4.69) is 20.9 Å². The summed E-state index contributed by atoms with van der Waals surface area (Å²) in [6.45, 7) is 2.79. The van der Waals surface area contributed by atoms with Gasteiger partial charge in [-0.2, -0.15) is 0 Å². The molecule has 0 rings (SSSR count). The number of nitrogens with one attached hydrogen (secondary N) is 3. The first kappa shape index (κ1) is 30.5. The summed E-state index contributed by atoms with van der Waals surface area (Å²) < 4.78 is 0. The second-order valence-electron chi connectivity index (χ2n) is 7.73. The van der Waals surface area contributed by atoms with Gasteiger partial charge in [0.1, 0.15) is 18.1 Å². The number of rotatable bonds is 16. The van der Waals surface area contributed by atoms with Crippen LogP contribution in [0.1, 0.15) is 39.5 Å². The number of guanidine groups is 1. The summed E-state index contributed by atoms with van der Waals surface area (Å²) in [4.78, 5) is 64.2. The molecule has 0 bridgehead atoms. The molecular weight excluding hydrogens is 452 g/mol. The SMILES string of the molecule is CCC(C)C(N)C(=O)NC(CC(N)=O)C(=O)NC(CCCN=C(N)N)C(=O)NC(CO)C(=O)O. The van der Waals surface area contributed by atoms with Gasteiger partial charge in [0, 0.05) is 6.54 Å². The van der Waals surface area contributed by atoms with Crippen molar-refractivity contribution in [3.63, 3.8) is 0 Å². The van der Waals surface area contributed by atoms with Crippen LogP contribution in [0.2, 0.25) is 0 Å². The van der Waals surface area contributed by atoms with Crippen LogP contribution in [-0.2, 0) is 24.0 Å². The standard InChI is InChI=1S/C19H36N8O7/c1-3-9(2)14(21)17(32)26-11(7-13(20)29)16(31)25-10(5-4-6-24-19(22)23)15(30)27-12(8-28)18(33)34/h9-12,14,28H,3-8,21H2,1-2H3,(H2,20,29)(H,25,31)(H,26,32)(H,27,30)(H,33,34)(H4,22,23,24). The maximum Gasteiger partial charge on any atom is 0.328 e. The summed E-state index contributed by atoms with van der Waals surface area (Å²) in [6, 6.07) is -5.29. The predicted octanol–water partition coefficient (Wildman–Crippen LogP) is -4.18. The van der Waals surface area contributed by atoms with Crippen molar-refractivity contribution in [2.24, 2.45) is 33.8 Å². The van der Waals surface area contributed by atoms with Crippen LogP contribution in [-0.4, -0.2) is 83.1 Å². The number of aliphatic hydroxyl groups is 1. The molecule has 13 N–H and O–H groups in total. The van der Waals surface area contributed by atoms with E-state index >= 15 is 0 Å². The third-order valence-electron chi connectivity index (χ3n) is 4.97. The van der Waals surface area contributed by atoms with Crippen LogP contribution in [0, 0.1) is 5.92 Å². The summed E-state index contributed by atoms with van der Waals surface area (Å²) in [6.07, 6.45) is 0.199. The van der Waals surface area contributed by atoms with Gasteiger partial charge in [-0.1, -0.05) is 20.3 Å². The third-order valence-corrected chi connectivity index (χ3v) is 4.97. The lowest BCUT2D eigenvalue weighted by atomic mass is 9.99. The first-order valence-corrected chi connectivity index (χ1v) is 10.7. The number of primary amides is 1. The highest BCUT2D eigenvalue weighted by Gasteiger charge is 2.31. The first-order chi connectivity index (χ1) is 15.8. The van der Waals surface area contributed by atoms with Gasteiger partial charge in [0.2, 0.25) is 23.6 Å². The Morgan fingerprint density at radius 2 is 1.44 bits per heavy atom. The zero-order valence-electron chi connectivity index (χ0n) is 19.3. The number of hydrogen-bond donors (Lipinski definition) is 9. The average Bonchev–Trinajstić information content (AvgIpc) is 2.76. The number of nitrogens with zero attached hydrogens (tertiary/aromatic N) is 1. The van der Waals surface area contributed by atoms with E-state index in [1.807, 2.05) is 6.92 Å². The molecule has 0 saturated heterocycles. The molecule has 0 radical (unpaired) electrons. The van der Waals surface area contributed by atoms with Crippen LogP contribution in [0.25, 0.3) is 0 Å². The number of aliphatic hydroxyl groups excluding tert-OH is 1. The minimum Gasteiger partial charge on any atom is -0.480 e. The van der Waals surface area contributed by atoms with E-state index in [0.29, 0.717) is 6.42 Å². The third kappa shape index (κ3) is 11.4. The van der Waals surface area contributed by atoms with E-state index in [1.54, 1.807) is 6.92 Å². The minimum absolute atomic E-state index is 0.0320. The van der Waals surface area contributed by atoms with Crippen molar-refractivity contribution in [1.29, 1.82) is 0 Å². The van der Waals surface area contributed by atoms with Crippen LogP contribution in [0.4, 0.5) is 0 Å². The van der Waals surface area contributed by atoms with Crippen molar-refractivity contribution in [3.05, 3.63) is 0 Å². The second kappa shape index (κ2) is 15.4. The molecule has 5 atom stereocenters. The van der Waals surface area contributed by atoms with Gasteiger partial charge in [-0.3, -0.25) is 24.2 Å². The Hall–Kier alpha value is -3.46. The van der Waals surface area contributed by atoms with E-state index in [0.717, 1.165) is 0 Å². The fourth-order valence-corrected chi connectivity index (χ4v) is 2.69. The van der Waals surface area contributed by atoms with Crippen molar-refractivity contribution < 1.29 is 34.2 Å². The predicted molar refractivity (Wildman–Crippen MR) is 122 cm³/mol. The number of carboxylic acids is 1. The lowest BCUT2D eigenvalue weighted by Crippen LogP contribution is -2.58. The number of aliphatic imine (C=N–C) groups is 1. The van der Waals surface area contributed by atoms with Crippen LogP contribution in [0.3, 0.4) is 0 Å². The molecule has 0 saturated carbocycles. The van der Waals surface area contributed by atoms with Crippen molar-refractivity contribution in [2.45, 2.75) is 63.7 Å². The van der Waals surface area contributed by atoms with Crippen molar-refractivity contribution in [1.82, 2.24) is 16.0 Å². The Kier molecular flexibility index (Phi) is 13.8. The number of nitrogens with two attached hydrogens (primary N) is 4. The number of carboxylic acid groups (broad SMARTS) is 1. The van der Waals surface area contributed by atoms with Gasteiger partial charge in [-0.25, -0.2) is 4.79 Å². The molecule has 0 aliphatic heterocycles. The molecule has 0 aromatic carbocycles. The van der Waals surface area contributed by atoms with E-state index in [4.69, 9.17) is 33.1 Å². The second-order valence-corrected chi connectivity index (χ2v) is 7.73. The van der Waals surface area contributed by atoms with Gasteiger partial charge in [0.25, 0.3) is 0 Å². The summed E-state index contributed by atoms with van der Waals surface area (Å²) in [5.41, 5.74) is 21.6. The summed E-state index contributed by atoms with van der Waals surface area (Å²) in [5, 5.41) is 25.0. The van der Waals surface area contributed by atoms with Crippen LogP contribution >= 0.6 is 0 Å². The zero-order chi connectivity index (χ0) is 26.4. The molecule has 0 fully saturated rings. The summed E-state index contributed by atoms with van der Waals surface area (Å²) in [7, 11) is 0. The number of amides is 4. The molecule has 0 aliphatic rings. The monoisotopic (exact) mass is 488 g/mol.